The predicted molar refractivity (Wildman–Crippen MR) is 112 cm³/mol. The van der Waals surface area contributed by atoms with Crippen LogP contribution in [0.15, 0.2) is 116 Å². The van der Waals surface area contributed by atoms with E-state index < -0.39 is 5.54 Å². The third-order valence-corrected chi connectivity index (χ3v) is 5.29. The summed E-state index contributed by atoms with van der Waals surface area (Å²) in [5.74, 6) is 0. The summed E-state index contributed by atoms with van der Waals surface area (Å²) in [7, 11) is 0. The maximum atomic E-state index is 4.64. The van der Waals surface area contributed by atoms with Gasteiger partial charge in [0.25, 0.3) is 0 Å². The highest BCUT2D eigenvalue weighted by molar-refractivity contribution is 5.76. The lowest BCUT2D eigenvalue weighted by Gasteiger charge is -2.38. The summed E-state index contributed by atoms with van der Waals surface area (Å²) in [6.45, 7) is 0. The molecule has 0 atom stereocenters. The molecular weight excluding hydrogens is 342 g/mol. The van der Waals surface area contributed by atoms with Crippen LogP contribution in [-0.2, 0) is 5.54 Å². The highest BCUT2D eigenvalue weighted by Gasteiger charge is 2.39. The maximum Gasteiger partial charge on any atom is 0.144 e. The van der Waals surface area contributed by atoms with E-state index in [-0.39, 0.29) is 0 Å². The lowest BCUT2D eigenvalue weighted by molar-refractivity contribution is 0.530. The van der Waals surface area contributed by atoms with Crippen LogP contribution in [0.3, 0.4) is 0 Å². The molecule has 0 bridgehead atoms. The van der Waals surface area contributed by atoms with E-state index in [0.717, 1.165) is 11.0 Å². The molecule has 3 nitrogen and oxygen atoms in total. The van der Waals surface area contributed by atoms with Gasteiger partial charge in [0.15, 0.2) is 0 Å². The highest BCUT2D eigenvalue weighted by atomic mass is 15.1. The molecular formula is C25H19N3. The zero-order valence-corrected chi connectivity index (χ0v) is 15.3. The molecule has 2 aromatic heterocycles. The minimum atomic E-state index is -0.542. The van der Waals surface area contributed by atoms with E-state index in [4.69, 9.17) is 0 Å². The molecule has 0 saturated heterocycles. The molecule has 3 aromatic carbocycles. The second-order valence-electron chi connectivity index (χ2n) is 6.80. The van der Waals surface area contributed by atoms with E-state index in [1.807, 2.05) is 6.20 Å². The molecule has 0 saturated carbocycles. The lowest BCUT2D eigenvalue weighted by atomic mass is 9.76. The van der Waals surface area contributed by atoms with Gasteiger partial charge in [-0.15, -0.1) is 0 Å². The minimum absolute atomic E-state index is 0.542. The van der Waals surface area contributed by atoms with E-state index >= 15 is 0 Å². The van der Waals surface area contributed by atoms with Crippen molar-refractivity contribution in [1.82, 2.24) is 14.5 Å². The lowest BCUT2D eigenvalue weighted by Crippen LogP contribution is -2.37. The van der Waals surface area contributed by atoms with Crippen molar-refractivity contribution in [2.75, 3.05) is 0 Å². The molecule has 0 N–H and O–H groups in total. The van der Waals surface area contributed by atoms with Crippen LogP contribution in [0.4, 0.5) is 0 Å². The van der Waals surface area contributed by atoms with Crippen molar-refractivity contribution in [1.29, 1.82) is 0 Å². The number of aromatic nitrogens is 3. The van der Waals surface area contributed by atoms with Gasteiger partial charge in [0.2, 0.25) is 0 Å². The Hall–Kier alpha value is -3.72. The summed E-state index contributed by atoms with van der Waals surface area (Å²) in [6.07, 6.45) is 5.60. The molecule has 2 heterocycles. The van der Waals surface area contributed by atoms with Gasteiger partial charge in [0.1, 0.15) is 17.5 Å². The SMILES string of the molecule is c1ccc(C(c2ccccc2)(c2ccccc2)n2ccc3cncnc32)cc1. The smallest absolute Gasteiger partial charge is 0.144 e. The van der Waals surface area contributed by atoms with Crippen LogP contribution in [0.5, 0.6) is 0 Å². The van der Waals surface area contributed by atoms with Crippen molar-refractivity contribution in [3.05, 3.63) is 132 Å². The van der Waals surface area contributed by atoms with Gasteiger partial charge in [0, 0.05) is 17.8 Å². The molecule has 0 aliphatic heterocycles. The largest absolute Gasteiger partial charge is 0.314 e. The topological polar surface area (TPSA) is 30.7 Å². The molecule has 3 heteroatoms. The first-order valence-corrected chi connectivity index (χ1v) is 9.35. The average molecular weight is 361 g/mol. The Bertz CT molecular complexity index is 1100. The van der Waals surface area contributed by atoms with Crippen LogP contribution in [0.1, 0.15) is 16.7 Å². The maximum absolute atomic E-state index is 4.64. The van der Waals surface area contributed by atoms with Crippen molar-refractivity contribution in [2.24, 2.45) is 0 Å². The first kappa shape index (κ1) is 16.5. The molecule has 5 aromatic rings. The molecule has 0 fully saturated rings. The normalized spacial score (nSPS) is 11.6. The summed E-state index contributed by atoms with van der Waals surface area (Å²) in [5, 5.41) is 1.02. The van der Waals surface area contributed by atoms with Crippen LogP contribution in [-0.4, -0.2) is 14.5 Å². The van der Waals surface area contributed by atoms with E-state index in [2.05, 4.69) is 118 Å². The summed E-state index contributed by atoms with van der Waals surface area (Å²) >= 11 is 0. The Kier molecular flexibility index (Phi) is 3.99. The van der Waals surface area contributed by atoms with Crippen LogP contribution in [0.2, 0.25) is 0 Å². The number of hydrogen-bond acceptors (Lipinski definition) is 2. The van der Waals surface area contributed by atoms with Crippen LogP contribution in [0, 0.1) is 0 Å². The van der Waals surface area contributed by atoms with Gasteiger partial charge >= 0.3 is 0 Å². The fourth-order valence-electron chi connectivity index (χ4n) is 4.10. The van der Waals surface area contributed by atoms with Crippen molar-refractivity contribution < 1.29 is 0 Å². The third-order valence-electron chi connectivity index (χ3n) is 5.29. The summed E-state index contributed by atoms with van der Waals surface area (Å²) in [6, 6.07) is 33.9. The molecule has 134 valence electrons. The van der Waals surface area contributed by atoms with Crippen LogP contribution < -0.4 is 0 Å². The summed E-state index contributed by atoms with van der Waals surface area (Å²) < 4.78 is 2.27. The summed E-state index contributed by atoms with van der Waals surface area (Å²) in [5.41, 5.74) is 3.92. The highest BCUT2D eigenvalue weighted by Crippen LogP contribution is 2.42. The van der Waals surface area contributed by atoms with Crippen molar-refractivity contribution in [3.63, 3.8) is 0 Å². The number of hydrogen-bond donors (Lipinski definition) is 0. The Morgan fingerprint density at radius 3 is 1.61 bits per heavy atom. The fraction of sp³-hybridized carbons (Fsp3) is 0.0400. The first-order chi connectivity index (χ1) is 13.9. The molecule has 28 heavy (non-hydrogen) atoms. The second-order valence-corrected chi connectivity index (χ2v) is 6.80. The van der Waals surface area contributed by atoms with Crippen molar-refractivity contribution in [3.8, 4) is 0 Å². The van der Waals surface area contributed by atoms with Gasteiger partial charge in [-0.1, -0.05) is 91.0 Å². The molecule has 5 rings (SSSR count). The van der Waals surface area contributed by atoms with Crippen molar-refractivity contribution in [2.45, 2.75) is 5.54 Å². The molecule has 0 amide bonds. The average Bonchev–Trinajstić information content (AvgIpc) is 3.21. The molecule has 0 unspecified atom stereocenters. The Morgan fingerprint density at radius 2 is 1.11 bits per heavy atom. The Morgan fingerprint density at radius 1 is 0.607 bits per heavy atom. The standard InChI is InChI=1S/C25H19N3/c1-4-10-21(11-5-1)25(22-12-6-2-7-13-22,23-14-8-3-9-15-23)28-17-16-20-18-26-19-27-24(20)28/h1-19H. The second kappa shape index (κ2) is 6.78. The number of benzene rings is 3. The molecule has 0 aliphatic carbocycles. The van der Waals surface area contributed by atoms with Gasteiger partial charge in [-0.3, -0.25) is 0 Å². The molecule has 0 aliphatic rings. The quantitative estimate of drug-likeness (QED) is 0.408. The van der Waals surface area contributed by atoms with Crippen molar-refractivity contribution >= 4 is 11.0 Å². The molecule has 0 spiro atoms. The van der Waals surface area contributed by atoms with E-state index in [9.17, 15) is 0 Å². The van der Waals surface area contributed by atoms with Crippen LogP contribution >= 0.6 is 0 Å². The minimum Gasteiger partial charge on any atom is -0.314 e. The zero-order valence-electron chi connectivity index (χ0n) is 15.3. The van der Waals surface area contributed by atoms with E-state index in [1.54, 1.807) is 6.33 Å². The number of nitrogens with zero attached hydrogens (tertiary/aromatic N) is 3. The van der Waals surface area contributed by atoms with E-state index in [1.165, 1.54) is 16.7 Å². The number of fused-ring (bicyclic) bond motifs is 1. The third kappa shape index (κ3) is 2.44. The monoisotopic (exact) mass is 361 g/mol. The van der Waals surface area contributed by atoms with Crippen LogP contribution in [0.25, 0.3) is 11.0 Å². The first-order valence-electron chi connectivity index (χ1n) is 9.35. The number of rotatable bonds is 4. The van der Waals surface area contributed by atoms with Gasteiger partial charge in [0.05, 0.1) is 0 Å². The fourth-order valence-corrected chi connectivity index (χ4v) is 4.10. The molecule has 0 radical (unpaired) electrons. The summed E-state index contributed by atoms with van der Waals surface area (Å²) in [4.78, 5) is 8.84. The van der Waals surface area contributed by atoms with Gasteiger partial charge in [-0.25, -0.2) is 9.97 Å². The van der Waals surface area contributed by atoms with E-state index in [0.29, 0.717) is 0 Å². The Labute approximate surface area is 164 Å². The predicted octanol–water partition coefficient (Wildman–Crippen LogP) is 5.27. The van der Waals surface area contributed by atoms with Gasteiger partial charge < -0.3 is 4.57 Å². The van der Waals surface area contributed by atoms with Gasteiger partial charge in [-0.2, -0.15) is 0 Å². The Balaban J connectivity index is 1.96. The zero-order chi connectivity index (χ0) is 18.8. The van der Waals surface area contributed by atoms with Gasteiger partial charge in [-0.05, 0) is 22.8 Å².